The van der Waals surface area contributed by atoms with E-state index in [9.17, 15) is 0 Å². The zero-order valence-electron chi connectivity index (χ0n) is 14.9. The first kappa shape index (κ1) is 20.1. The Hall–Kier alpha value is -1.22. The lowest BCUT2D eigenvalue weighted by atomic mass is 10.2. The molecular formula is C18H29IN4O2. The van der Waals surface area contributed by atoms with Crippen LogP contribution in [-0.4, -0.2) is 63.3 Å². The van der Waals surface area contributed by atoms with Gasteiger partial charge in [-0.05, 0) is 51.0 Å². The zero-order valence-corrected chi connectivity index (χ0v) is 17.2. The van der Waals surface area contributed by atoms with Gasteiger partial charge >= 0.3 is 0 Å². The summed E-state index contributed by atoms with van der Waals surface area (Å²) in [6.07, 6.45) is 3.83. The molecule has 1 fully saturated rings. The van der Waals surface area contributed by atoms with Crippen LogP contribution in [-0.2, 0) is 0 Å². The Bertz CT molecular complexity index is 550. The number of nitrogens with one attached hydrogen (secondary N) is 2. The fraction of sp³-hybridized carbons (Fsp3) is 0.611. The largest absolute Gasteiger partial charge is 0.486 e. The quantitative estimate of drug-likeness (QED) is 0.295. The number of halogens is 1. The summed E-state index contributed by atoms with van der Waals surface area (Å²) < 4.78 is 11.7. The number of hydrogen-bond acceptors (Lipinski definition) is 4. The molecule has 3 rings (SSSR count). The second kappa shape index (κ2) is 10.7. The maximum atomic E-state index is 5.94. The number of nitrogens with zero attached hydrogens (tertiary/aromatic N) is 2. The predicted molar refractivity (Wildman–Crippen MR) is 111 cm³/mol. The Morgan fingerprint density at radius 1 is 1.20 bits per heavy atom. The molecule has 2 aliphatic heterocycles. The maximum absolute atomic E-state index is 5.94. The molecule has 2 aliphatic rings. The molecule has 2 N–H and O–H groups in total. The van der Waals surface area contributed by atoms with Gasteiger partial charge in [0.2, 0.25) is 0 Å². The molecule has 1 atom stereocenters. The van der Waals surface area contributed by atoms with Crippen LogP contribution >= 0.6 is 24.0 Å². The first-order valence-corrected chi connectivity index (χ1v) is 8.90. The van der Waals surface area contributed by atoms with Crippen LogP contribution < -0.4 is 20.1 Å². The predicted octanol–water partition coefficient (Wildman–Crippen LogP) is 2.10. The SMILES string of the molecule is CN=C(NCCCN1CCCC1)NCC1COc2ccccc2O1.I. The summed E-state index contributed by atoms with van der Waals surface area (Å²) in [6, 6.07) is 7.78. The molecule has 0 saturated carbocycles. The van der Waals surface area contributed by atoms with Gasteiger partial charge in [-0.15, -0.1) is 24.0 Å². The number of rotatable bonds is 6. The first-order valence-electron chi connectivity index (χ1n) is 8.90. The number of hydrogen-bond donors (Lipinski definition) is 2. The molecule has 0 aliphatic carbocycles. The summed E-state index contributed by atoms with van der Waals surface area (Å²) in [6.45, 7) is 5.83. The highest BCUT2D eigenvalue weighted by Gasteiger charge is 2.20. The second-order valence-electron chi connectivity index (χ2n) is 6.28. The summed E-state index contributed by atoms with van der Waals surface area (Å²) in [5, 5.41) is 6.69. The molecule has 140 valence electrons. The van der Waals surface area contributed by atoms with E-state index in [-0.39, 0.29) is 30.1 Å². The molecule has 0 spiro atoms. The third-order valence-electron chi connectivity index (χ3n) is 4.43. The highest BCUT2D eigenvalue weighted by atomic mass is 127. The molecule has 25 heavy (non-hydrogen) atoms. The van der Waals surface area contributed by atoms with Crippen LogP contribution in [0, 0.1) is 0 Å². The summed E-state index contributed by atoms with van der Waals surface area (Å²) in [7, 11) is 1.79. The van der Waals surface area contributed by atoms with Gasteiger partial charge in [0.1, 0.15) is 12.7 Å². The van der Waals surface area contributed by atoms with E-state index in [0.717, 1.165) is 30.4 Å². The Kier molecular flexibility index (Phi) is 8.60. The lowest BCUT2D eigenvalue weighted by molar-refractivity contribution is 0.0936. The lowest BCUT2D eigenvalue weighted by Gasteiger charge is -2.27. The van der Waals surface area contributed by atoms with Crippen LogP contribution in [0.2, 0.25) is 0 Å². The molecule has 7 heteroatoms. The molecule has 1 saturated heterocycles. The third kappa shape index (κ3) is 6.22. The summed E-state index contributed by atoms with van der Waals surface area (Å²) in [5.74, 6) is 2.45. The Morgan fingerprint density at radius 3 is 2.72 bits per heavy atom. The van der Waals surface area contributed by atoms with E-state index in [4.69, 9.17) is 9.47 Å². The van der Waals surface area contributed by atoms with Crippen molar-refractivity contribution in [1.82, 2.24) is 15.5 Å². The van der Waals surface area contributed by atoms with Crippen molar-refractivity contribution < 1.29 is 9.47 Å². The Morgan fingerprint density at radius 2 is 1.96 bits per heavy atom. The lowest BCUT2D eigenvalue weighted by Crippen LogP contribution is -2.45. The van der Waals surface area contributed by atoms with Crippen molar-refractivity contribution in [3.63, 3.8) is 0 Å². The highest BCUT2D eigenvalue weighted by Crippen LogP contribution is 2.30. The molecule has 0 aromatic heterocycles. The highest BCUT2D eigenvalue weighted by molar-refractivity contribution is 14.0. The van der Waals surface area contributed by atoms with Crippen LogP contribution in [0.15, 0.2) is 29.3 Å². The fourth-order valence-electron chi connectivity index (χ4n) is 3.11. The van der Waals surface area contributed by atoms with Crippen molar-refractivity contribution in [2.45, 2.75) is 25.4 Å². The first-order chi connectivity index (χ1) is 11.8. The average molecular weight is 460 g/mol. The number of guanidine groups is 1. The summed E-state index contributed by atoms with van der Waals surface area (Å²) in [5.41, 5.74) is 0. The number of likely N-dealkylation sites (tertiary alicyclic amines) is 1. The number of ether oxygens (including phenoxy) is 2. The van der Waals surface area contributed by atoms with E-state index < -0.39 is 0 Å². The zero-order chi connectivity index (χ0) is 16.6. The van der Waals surface area contributed by atoms with Crippen molar-refractivity contribution in [2.75, 3.05) is 46.4 Å². The van der Waals surface area contributed by atoms with E-state index in [1.807, 2.05) is 24.3 Å². The standard InChI is InChI=1S/C18H28N4O2.HI/c1-19-18(20-9-6-12-22-10-4-5-11-22)21-13-15-14-23-16-7-2-3-8-17(16)24-15;/h2-3,7-8,15H,4-6,9-14H2,1H3,(H2,19,20,21);1H. The molecular weight excluding hydrogens is 431 g/mol. The fourth-order valence-corrected chi connectivity index (χ4v) is 3.11. The minimum absolute atomic E-state index is 0. The number of para-hydroxylation sites is 2. The van der Waals surface area contributed by atoms with Crippen molar-refractivity contribution >= 4 is 29.9 Å². The maximum Gasteiger partial charge on any atom is 0.191 e. The van der Waals surface area contributed by atoms with Crippen molar-refractivity contribution in [3.05, 3.63) is 24.3 Å². The molecule has 0 amide bonds. The van der Waals surface area contributed by atoms with Gasteiger partial charge in [0.25, 0.3) is 0 Å². The normalized spacial score (nSPS) is 20.0. The van der Waals surface area contributed by atoms with Gasteiger partial charge in [0.15, 0.2) is 17.5 Å². The molecule has 1 unspecified atom stereocenters. The second-order valence-corrected chi connectivity index (χ2v) is 6.28. The van der Waals surface area contributed by atoms with Crippen LogP contribution in [0.1, 0.15) is 19.3 Å². The van der Waals surface area contributed by atoms with Crippen molar-refractivity contribution in [1.29, 1.82) is 0 Å². The summed E-state index contributed by atoms with van der Waals surface area (Å²) >= 11 is 0. The van der Waals surface area contributed by atoms with E-state index >= 15 is 0 Å². The third-order valence-corrected chi connectivity index (χ3v) is 4.43. The van der Waals surface area contributed by atoms with Crippen LogP contribution in [0.5, 0.6) is 11.5 Å². The molecule has 0 radical (unpaired) electrons. The molecule has 6 nitrogen and oxygen atoms in total. The molecule has 1 aromatic rings. The van der Waals surface area contributed by atoms with Crippen molar-refractivity contribution in [3.8, 4) is 11.5 Å². The van der Waals surface area contributed by atoms with Gasteiger partial charge < -0.3 is 25.0 Å². The van der Waals surface area contributed by atoms with Gasteiger partial charge in [-0.2, -0.15) is 0 Å². The molecule has 1 aromatic carbocycles. The summed E-state index contributed by atoms with van der Waals surface area (Å²) in [4.78, 5) is 6.80. The average Bonchev–Trinajstić information content (AvgIpc) is 3.14. The van der Waals surface area contributed by atoms with Gasteiger partial charge in [-0.25, -0.2) is 0 Å². The van der Waals surface area contributed by atoms with Crippen molar-refractivity contribution in [2.24, 2.45) is 4.99 Å². The van der Waals surface area contributed by atoms with E-state index in [1.54, 1.807) is 7.05 Å². The van der Waals surface area contributed by atoms with Gasteiger partial charge in [0, 0.05) is 13.6 Å². The van der Waals surface area contributed by atoms with Crippen LogP contribution in [0.3, 0.4) is 0 Å². The van der Waals surface area contributed by atoms with Crippen LogP contribution in [0.4, 0.5) is 0 Å². The van der Waals surface area contributed by atoms with E-state index in [1.165, 1.54) is 32.5 Å². The number of fused-ring (bicyclic) bond motifs is 1. The topological polar surface area (TPSA) is 58.1 Å². The number of benzene rings is 1. The van der Waals surface area contributed by atoms with E-state index in [2.05, 4.69) is 20.5 Å². The molecule has 2 heterocycles. The van der Waals surface area contributed by atoms with Gasteiger partial charge in [-0.3, -0.25) is 4.99 Å². The van der Waals surface area contributed by atoms with Crippen LogP contribution in [0.25, 0.3) is 0 Å². The molecule has 0 bridgehead atoms. The minimum atomic E-state index is -0.0111. The number of aliphatic imine (C=N–C) groups is 1. The Labute approximate surface area is 167 Å². The van der Waals surface area contributed by atoms with E-state index in [0.29, 0.717) is 13.2 Å². The monoisotopic (exact) mass is 460 g/mol. The van der Waals surface area contributed by atoms with Gasteiger partial charge in [-0.1, -0.05) is 12.1 Å². The minimum Gasteiger partial charge on any atom is -0.486 e. The Balaban J connectivity index is 0.00000225. The van der Waals surface area contributed by atoms with Gasteiger partial charge in [0.05, 0.1) is 6.54 Å². The smallest absolute Gasteiger partial charge is 0.191 e.